The molecular weight excluding hydrogens is 554 g/mol. The number of carbonyl (C=O) groups excluding carboxylic acids is 4. The summed E-state index contributed by atoms with van der Waals surface area (Å²) in [7, 11) is 0. The highest BCUT2D eigenvalue weighted by Crippen LogP contribution is 2.35. The minimum absolute atomic E-state index is 0.267. The number of nitrogens with one attached hydrogen (secondary N) is 1. The number of nitrogens with zero attached hydrogens (tertiary/aromatic N) is 2. The molecule has 0 saturated carbocycles. The number of anilines is 1. The van der Waals surface area contributed by atoms with Crippen molar-refractivity contribution in [2.45, 2.75) is 77.3 Å². The van der Waals surface area contributed by atoms with Crippen LogP contribution in [-0.2, 0) is 36.8 Å². The lowest BCUT2D eigenvalue weighted by molar-refractivity contribution is -0.180. The van der Waals surface area contributed by atoms with Gasteiger partial charge in [-0.2, -0.15) is 0 Å². The van der Waals surface area contributed by atoms with Crippen molar-refractivity contribution in [3.05, 3.63) is 59.2 Å². The summed E-state index contributed by atoms with van der Waals surface area (Å²) >= 11 is 0. The van der Waals surface area contributed by atoms with E-state index in [2.05, 4.69) is 0 Å². The third-order valence-corrected chi connectivity index (χ3v) is 7.74. The fourth-order valence-corrected chi connectivity index (χ4v) is 5.40. The predicted octanol–water partition coefficient (Wildman–Crippen LogP) is 5.01. The number of rotatable bonds is 14. The van der Waals surface area contributed by atoms with Gasteiger partial charge < -0.3 is 23.8 Å². The number of urea groups is 1. The molecule has 0 radical (unpaired) electrons. The third kappa shape index (κ3) is 7.71. The van der Waals surface area contributed by atoms with E-state index in [1.54, 1.807) is 23.1 Å². The highest BCUT2D eigenvalue weighted by atomic mass is 16.7. The zero-order valence-electron chi connectivity index (χ0n) is 24.8. The van der Waals surface area contributed by atoms with Gasteiger partial charge in [0.15, 0.2) is 0 Å². The fraction of sp³-hybridized carbons (Fsp3) is 0.500. The number of amides is 5. The number of hydrogen-bond donors (Lipinski definition) is 1. The average molecular weight is 594 g/mol. The zero-order valence-corrected chi connectivity index (χ0v) is 24.8. The lowest BCUT2D eigenvalue weighted by atomic mass is 10.0. The number of ether oxygens (including phenoxy) is 4. The maximum atomic E-state index is 12.4. The smallest absolute Gasteiger partial charge is 0.410 e. The van der Waals surface area contributed by atoms with Crippen molar-refractivity contribution in [2.75, 3.05) is 31.2 Å². The van der Waals surface area contributed by atoms with Crippen molar-refractivity contribution >= 4 is 29.6 Å². The highest BCUT2D eigenvalue weighted by Gasteiger charge is 2.38. The van der Waals surface area contributed by atoms with Crippen LogP contribution in [0.15, 0.2) is 42.5 Å². The Bertz CT molecular complexity index is 1360. The molecule has 2 saturated heterocycles. The van der Waals surface area contributed by atoms with Gasteiger partial charge in [0.1, 0.15) is 11.9 Å². The summed E-state index contributed by atoms with van der Waals surface area (Å²) in [5.74, 6) is -1.60. The van der Waals surface area contributed by atoms with Crippen molar-refractivity contribution in [1.82, 2.24) is 10.2 Å². The van der Waals surface area contributed by atoms with Crippen LogP contribution in [-0.4, -0.2) is 60.9 Å². The molecule has 2 aromatic carbocycles. The average Bonchev–Trinajstić information content (AvgIpc) is 3.47. The molecule has 11 heteroatoms. The molecule has 11 nitrogen and oxygen atoms in total. The van der Waals surface area contributed by atoms with Gasteiger partial charge in [0, 0.05) is 39.2 Å². The van der Waals surface area contributed by atoms with Crippen molar-refractivity contribution in [1.29, 1.82) is 0 Å². The fourth-order valence-electron chi connectivity index (χ4n) is 5.40. The second-order valence-corrected chi connectivity index (χ2v) is 11.5. The Morgan fingerprint density at radius 2 is 1.74 bits per heavy atom. The SMILES string of the molecule is CC1(C)OCc2cc(C3CN(CCCCCCOCCCCc4cccc(N5C(=O)NC(=O)C5=O)c4)C(=O)O3)ccc2O1. The molecule has 1 N–H and O–H groups in total. The molecule has 1 atom stereocenters. The van der Waals surface area contributed by atoms with E-state index in [9.17, 15) is 19.2 Å². The summed E-state index contributed by atoms with van der Waals surface area (Å²) in [4.78, 5) is 50.3. The molecule has 3 heterocycles. The van der Waals surface area contributed by atoms with Crippen LogP contribution >= 0.6 is 0 Å². The first kappa shape index (κ1) is 30.5. The first-order valence-corrected chi connectivity index (χ1v) is 15.0. The summed E-state index contributed by atoms with van der Waals surface area (Å²) in [6.07, 6.45) is 5.96. The lowest BCUT2D eigenvalue weighted by Gasteiger charge is -2.32. The van der Waals surface area contributed by atoms with E-state index in [4.69, 9.17) is 18.9 Å². The quantitative estimate of drug-likeness (QED) is 0.184. The molecule has 0 aromatic heterocycles. The van der Waals surface area contributed by atoms with Crippen LogP contribution in [0, 0.1) is 0 Å². The topological polar surface area (TPSA) is 124 Å². The number of imide groups is 2. The number of cyclic esters (lactones) is 1. The monoisotopic (exact) mass is 593 g/mol. The molecule has 230 valence electrons. The first-order chi connectivity index (χ1) is 20.7. The van der Waals surface area contributed by atoms with Crippen LogP contribution in [0.5, 0.6) is 5.75 Å². The van der Waals surface area contributed by atoms with E-state index >= 15 is 0 Å². The Labute approximate surface area is 251 Å². The number of unbranched alkanes of at least 4 members (excludes halogenated alkanes) is 4. The van der Waals surface area contributed by atoms with Crippen LogP contribution in [0.4, 0.5) is 15.3 Å². The Kier molecular flexibility index (Phi) is 9.62. The second-order valence-electron chi connectivity index (χ2n) is 11.5. The lowest BCUT2D eigenvalue weighted by Crippen LogP contribution is -2.35. The second kappa shape index (κ2) is 13.6. The van der Waals surface area contributed by atoms with E-state index in [1.807, 2.05) is 43.4 Å². The van der Waals surface area contributed by atoms with Crippen molar-refractivity contribution in [2.24, 2.45) is 0 Å². The molecule has 0 bridgehead atoms. The van der Waals surface area contributed by atoms with E-state index in [1.165, 1.54) is 0 Å². The largest absolute Gasteiger partial charge is 0.463 e. The van der Waals surface area contributed by atoms with Gasteiger partial charge >= 0.3 is 23.9 Å². The van der Waals surface area contributed by atoms with Crippen molar-refractivity contribution < 1.29 is 38.1 Å². The summed E-state index contributed by atoms with van der Waals surface area (Å²) in [5, 5.41) is 2.01. The molecule has 1 unspecified atom stereocenters. The zero-order chi connectivity index (χ0) is 30.4. The molecule has 2 fully saturated rings. The van der Waals surface area contributed by atoms with Crippen LogP contribution in [0.3, 0.4) is 0 Å². The van der Waals surface area contributed by atoms with Crippen LogP contribution in [0.25, 0.3) is 0 Å². The molecule has 5 amide bonds. The first-order valence-electron chi connectivity index (χ1n) is 15.0. The Hall–Kier alpha value is -3.96. The van der Waals surface area contributed by atoms with Crippen LogP contribution < -0.4 is 15.0 Å². The van der Waals surface area contributed by atoms with Gasteiger partial charge in [-0.25, -0.2) is 14.5 Å². The number of carbonyl (C=O) groups is 4. The number of hydrogen-bond acceptors (Lipinski definition) is 8. The molecular formula is C32H39N3O8. The maximum absolute atomic E-state index is 12.4. The Morgan fingerprint density at radius 3 is 2.53 bits per heavy atom. The van der Waals surface area contributed by atoms with Crippen molar-refractivity contribution in [3.8, 4) is 5.75 Å². The molecule has 0 aliphatic carbocycles. The maximum Gasteiger partial charge on any atom is 0.410 e. The Balaban J connectivity index is 0.910. The third-order valence-electron chi connectivity index (χ3n) is 7.74. The number of fused-ring (bicyclic) bond motifs is 1. The molecule has 2 aromatic rings. The summed E-state index contributed by atoms with van der Waals surface area (Å²) in [6.45, 7) is 6.83. The molecule has 3 aliphatic heterocycles. The van der Waals surface area contributed by atoms with Crippen LogP contribution in [0.1, 0.15) is 75.2 Å². The minimum atomic E-state index is -0.907. The number of benzene rings is 2. The summed E-state index contributed by atoms with van der Waals surface area (Å²) in [5.41, 5.74) is 3.30. The normalized spacial score (nSPS) is 19.3. The molecule has 3 aliphatic rings. The molecule has 43 heavy (non-hydrogen) atoms. The summed E-state index contributed by atoms with van der Waals surface area (Å²) < 4.78 is 23.0. The van der Waals surface area contributed by atoms with Gasteiger partial charge in [-0.05, 0) is 67.5 Å². The minimum Gasteiger partial charge on any atom is -0.463 e. The van der Waals surface area contributed by atoms with Gasteiger partial charge in [0.05, 0.1) is 18.8 Å². The Morgan fingerprint density at radius 1 is 0.953 bits per heavy atom. The van der Waals surface area contributed by atoms with Crippen molar-refractivity contribution in [3.63, 3.8) is 0 Å². The van der Waals surface area contributed by atoms with Gasteiger partial charge in [0.25, 0.3) is 0 Å². The summed E-state index contributed by atoms with van der Waals surface area (Å²) in [6, 6.07) is 12.3. The van der Waals surface area contributed by atoms with Gasteiger partial charge in [-0.1, -0.05) is 31.0 Å². The van der Waals surface area contributed by atoms with E-state index in [0.717, 1.165) is 72.3 Å². The van der Waals surface area contributed by atoms with Gasteiger partial charge in [-0.15, -0.1) is 0 Å². The van der Waals surface area contributed by atoms with E-state index < -0.39 is 23.6 Å². The number of aryl methyl sites for hydroxylation is 1. The highest BCUT2D eigenvalue weighted by molar-refractivity contribution is 6.53. The standard InChI is InChI=1S/C32H39N3O8/c1-32(2)41-21-24-19-23(13-14-26(24)43-32)27-20-34(31(39)42-27)15-6-3-4-7-16-40-17-8-5-10-22-11-9-12-25(18-22)35-29(37)28(36)33-30(35)38/h9,11-14,18-19,27H,3-8,10,15-17,20-21H2,1-2H3,(H,33,36,38). The van der Waals surface area contributed by atoms with Gasteiger partial charge in [0.2, 0.25) is 5.79 Å². The van der Waals surface area contributed by atoms with Gasteiger partial charge in [-0.3, -0.25) is 14.9 Å². The predicted molar refractivity (Wildman–Crippen MR) is 156 cm³/mol. The molecule has 5 rings (SSSR count). The van der Waals surface area contributed by atoms with E-state index in [-0.39, 0.29) is 12.2 Å². The van der Waals surface area contributed by atoms with E-state index in [0.29, 0.717) is 38.6 Å². The van der Waals surface area contributed by atoms with Crippen LogP contribution in [0.2, 0.25) is 0 Å². The molecule has 0 spiro atoms.